The van der Waals surface area contributed by atoms with Gasteiger partial charge in [0, 0.05) is 18.7 Å². The second-order valence-electron chi connectivity index (χ2n) is 6.53. The van der Waals surface area contributed by atoms with Crippen molar-refractivity contribution < 1.29 is 17.5 Å². The van der Waals surface area contributed by atoms with Crippen molar-refractivity contribution in [2.75, 3.05) is 28.2 Å². The maximum absolute atomic E-state index is 10.6. The Morgan fingerprint density at radius 2 is 1.54 bits per heavy atom. The highest BCUT2D eigenvalue weighted by Gasteiger charge is 2.13. The van der Waals surface area contributed by atoms with Crippen molar-refractivity contribution in [2.45, 2.75) is 25.9 Å². The average Bonchev–Trinajstić information content (AvgIpc) is 2.49. The molecule has 1 N–H and O–H groups in total. The van der Waals surface area contributed by atoms with Gasteiger partial charge in [0.25, 0.3) is 0 Å². The molecule has 0 saturated carbocycles. The van der Waals surface area contributed by atoms with Crippen molar-refractivity contribution in [1.29, 1.82) is 0 Å². The molecule has 2 aromatic rings. The minimum atomic E-state index is 0. The Bertz CT molecular complexity index is 630. The zero-order chi connectivity index (χ0) is 16.8. The SMILES string of the molecule is CN(C)Cc1cc(CN(C)C)c(O)c(CCc2ccccc2)n1.[Cl-]. The van der Waals surface area contributed by atoms with Gasteiger partial charge in [-0.2, -0.15) is 0 Å². The number of aromatic nitrogens is 1. The topological polar surface area (TPSA) is 39.6 Å². The number of halogens is 1. The molecule has 0 bridgehead atoms. The summed E-state index contributed by atoms with van der Waals surface area (Å²) in [7, 11) is 8.08. The molecular formula is C19H27ClN3O-. The van der Waals surface area contributed by atoms with Crippen LogP contribution in [0.15, 0.2) is 36.4 Å². The Balaban J connectivity index is 0.00000288. The lowest BCUT2D eigenvalue weighted by atomic mass is 10.0. The summed E-state index contributed by atoms with van der Waals surface area (Å²) in [6.45, 7) is 1.49. The van der Waals surface area contributed by atoms with Gasteiger partial charge in [-0.1, -0.05) is 30.3 Å². The molecule has 1 aromatic carbocycles. The molecule has 0 atom stereocenters. The molecule has 0 saturated heterocycles. The number of rotatable bonds is 7. The minimum absolute atomic E-state index is 0. The summed E-state index contributed by atoms with van der Waals surface area (Å²) in [6.07, 6.45) is 1.63. The highest BCUT2D eigenvalue weighted by molar-refractivity contribution is 5.38. The fraction of sp³-hybridized carbons (Fsp3) is 0.421. The lowest BCUT2D eigenvalue weighted by Gasteiger charge is -2.17. The summed E-state index contributed by atoms with van der Waals surface area (Å²) in [5, 5.41) is 10.6. The first-order valence-corrected chi connectivity index (χ1v) is 7.99. The van der Waals surface area contributed by atoms with Crippen LogP contribution in [0.2, 0.25) is 0 Å². The van der Waals surface area contributed by atoms with Crippen LogP contribution in [0.1, 0.15) is 22.5 Å². The lowest BCUT2D eigenvalue weighted by Crippen LogP contribution is -3.00. The van der Waals surface area contributed by atoms with Crippen LogP contribution in [-0.4, -0.2) is 48.1 Å². The highest BCUT2D eigenvalue weighted by Crippen LogP contribution is 2.25. The van der Waals surface area contributed by atoms with Gasteiger partial charge in [0.05, 0.1) is 11.4 Å². The molecule has 5 heteroatoms. The molecule has 0 aliphatic rings. The summed E-state index contributed by atoms with van der Waals surface area (Å²) in [4.78, 5) is 8.85. The predicted octanol–water partition coefficient (Wildman–Crippen LogP) is -0.300. The van der Waals surface area contributed by atoms with E-state index in [-0.39, 0.29) is 12.4 Å². The number of hydrogen-bond donors (Lipinski definition) is 1. The van der Waals surface area contributed by atoms with E-state index >= 15 is 0 Å². The van der Waals surface area contributed by atoms with E-state index in [1.807, 2.05) is 52.5 Å². The van der Waals surface area contributed by atoms with Crippen LogP contribution in [0, 0.1) is 0 Å². The molecule has 1 heterocycles. The van der Waals surface area contributed by atoms with Crippen LogP contribution < -0.4 is 12.4 Å². The maximum atomic E-state index is 10.6. The van der Waals surface area contributed by atoms with Crippen molar-refractivity contribution >= 4 is 0 Å². The lowest BCUT2D eigenvalue weighted by molar-refractivity contribution is -0.00000607. The Morgan fingerprint density at radius 1 is 0.917 bits per heavy atom. The van der Waals surface area contributed by atoms with E-state index in [1.54, 1.807) is 0 Å². The van der Waals surface area contributed by atoms with E-state index in [4.69, 9.17) is 0 Å². The molecule has 0 fully saturated rings. The van der Waals surface area contributed by atoms with Crippen LogP contribution in [0.4, 0.5) is 0 Å². The molecule has 0 spiro atoms. The zero-order valence-electron chi connectivity index (χ0n) is 15.0. The number of benzene rings is 1. The maximum Gasteiger partial charge on any atom is 0.141 e. The summed E-state index contributed by atoms with van der Waals surface area (Å²) in [6, 6.07) is 12.3. The van der Waals surface area contributed by atoms with Gasteiger partial charge in [0.2, 0.25) is 0 Å². The number of nitrogens with zero attached hydrogens (tertiary/aromatic N) is 3. The number of hydrogen-bond acceptors (Lipinski definition) is 4. The third-order valence-corrected chi connectivity index (χ3v) is 3.66. The van der Waals surface area contributed by atoms with E-state index in [1.165, 1.54) is 5.56 Å². The van der Waals surface area contributed by atoms with Crippen molar-refractivity contribution in [2.24, 2.45) is 0 Å². The van der Waals surface area contributed by atoms with Gasteiger partial charge in [-0.15, -0.1) is 0 Å². The zero-order valence-corrected chi connectivity index (χ0v) is 15.7. The molecule has 132 valence electrons. The fourth-order valence-electron chi connectivity index (χ4n) is 2.66. The van der Waals surface area contributed by atoms with Crippen molar-refractivity contribution in [3.05, 3.63) is 58.9 Å². The van der Waals surface area contributed by atoms with E-state index in [0.29, 0.717) is 12.3 Å². The molecule has 0 amide bonds. The van der Waals surface area contributed by atoms with Gasteiger partial charge in [-0.3, -0.25) is 4.98 Å². The monoisotopic (exact) mass is 348 g/mol. The normalized spacial score (nSPS) is 10.9. The summed E-state index contributed by atoms with van der Waals surface area (Å²) in [5.41, 5.74) is 4.02. The van der Waals surface area contributed by atoms with E-state index < -0.39 is 0 Å². The third kappa shape index (κ3) is 6.11. The minimum Gasteiger partial charge on any atom is -1.00 e. The smallest absolute Gasteiger partial charge is 0.141 e. The van der Waals surface area contributed by atoms with Crippen LogP contribution in [0.25, 0.3) is 0 Å². The van der Waals surface area contributed by atoms with Crippen molar-refractivity contribution in [3.63, 3.8) is 0 Å². The average molecular weight is 349 g/mol. The van der Waals surface area contributed by atoms with E-state index in [9.17, 15) is 5.11 Å². The fourth-order valence-corrected chi connectivity index (χ4v) is 2.66. The molecule has 0 aliphatic heterocycles. The first-order chi connectivity index (χ1) is 11.0. The van der Waals surface area contributed by atoms with Gasteiger partial charge in [0.15, 0.2) is 0 Å². The number of pyridine rings is 1. The van der Waals surface area contributed by atoms with Crippen molar-refractivity contribution in [3.8, 4) is 5.75 Å². The molecular weight excluding hydrogens is 322 g/mol. The van der Waals surface area contributed by atoms with Gasteiger partial charge < -0.3 is 27.3 Å². The molecule has 0 aliphatic carbocycles. The van der Waals surface area contributed by atoms with Crippen LogP contribution in [0.5, 0.6) is 5.75 Å². The molecule has 24 heavy (non-hydrogen) atoms. The summed E-state index contributed by atoms with van der Waals surface area (Å²) >= 11 is 0. The van der Waals surface area contributed by atoms with Crippen LogP contribution in [-0.2, 0) is 25.9 Å². The molecule has 1 aromatic heterocycles. The molecule has 2 rings (SSSR count). The molecule has 0 unspecified atom stereocenters. The largest absolute Gasteiger partial charge is 1.00 e. The highest BCUT2D eigenvalue weighted by atomic mass is 35.5. The Morgan fingerprint density at radius 3 is 2.12 bits per heavy atom. The van der Waals surface area contributed by atoms with Gasteiger partial charge in [0.1, 0.15) is 5.75 Å². The van der Waals surface area contributed by atoms with Crippen molar-refractivity contribution in [1.82, 2.24) is 14.8 Å². The summed E-state index contributed by atoms with van der Waals surface area (Å²) < 4.78 is 0. The van der Waals surface area contributed by atoms with E-state index in [0.717, 1.165) is 36.3 Å². The van der Waals surface area contributed by atoms with Crippen LogP contribution >= 0.6 is 0 Å². The van der Waals surface area contributed by atoms with Gasteiger partial charge >= 0.3 is 0 Å². The number of aromatic hydroxyl groups is 1. The Hall–Kier alpha value is -1.62. The standard InChI is InChI=1S/C19H27N3O.ClH/c1-21(2)13-16-12-17(14-22(3)4)20-18(19(16)23)11-10-15-8-6-5-7-9-15;/h5-9,12,23H,10-11,13-14H2,1-4H3;1H/p-1. The molecule has 4 nitrogen and oxygen atoms in total. The third-order valence-electron chi connectivity index (χ3n) is 3.66. The first-order valence-electron chi connectivity index (χ1n) is 7.99. The predicted molar refractivity (Wildman–Crippen MR) is 94.5 cm³/mol. The first kappa shape index (κ1) is 20.4. The van der Waals surface area contributed by atoms with E-state index in [2.05, 4.69) is 26.9 Å². The van der Waals surface area contributed by atoms with Gasteiger partial charge in [-0.25, -0.2) is 0 Å². The van der Waals surface area contributed by atoms with Gasteiger partial charge in [-0.05, 0) is 52.7 Å². The number of aryl methyl sites for hydroxylation is 2. The Kier molecular flexibility index (Phi) is 8.19. The molecule has 0 radical (unpaired) electrons. The Labute approximate surface area is 151 Å². The second-order valence-corrected chi connectivity index (χ2v) is 6.53. The second kappa shape index (κ2) is 9.62. The van der Waals surface area contributed by atoms with Crippen LogP contribution in [0.3, 0.4) is 0 Å². The quantitative estimate of drug-likeness (QED) is 0.746. The summed E-state index contributed by atoms with van der Waals surface area (Å²) in [5.74, 6) is 0.345.